The molecule has 3 aromatic rings. The highest BCUT2D eigenvalue weighted by molar-refractivity contribution is 5.98. The number of hydrogen-bond acceptors (Lipinski definition) is 3. The Morgan fingerprint density at radius 2 is 1.55 bits per heavy atom. The predicted molar refractivity (Wildman–Crippen MR) is 106 cm³/mol. The first kappa shape index (κ1) is 20.2. The molecule has 0 bridgehead atoms. The maximum atomic E-state index is 14.0. The van der Waals surface area contributed by atoms with E-state index >= 15 is 0 Å². The van der Waals surface area contributed by atoms with E-state index in [1.807, 2.05) is 26.0 Å². The molecule has 0 heterocycles. The summed E-state index contributed by atoms with van der Waals surface area (Å²) in [7, 11) is 0. The topological polar surface area (TPSA) is 55.4 Å². The molecule has 0 aliphatic rings. The molecule has 0 spiro atoms. The van der Waals surface area contributed by atoms with Crippen molar-refractivity contribution in [1.29, 1.82) is 0 Å². The summed E-state index contributed by atoms with van der Waals surface area (Å²) in [6, 6.07) is 16.9. The van der Waals surface area contributed by atoms with E-state index in [9.17, 15) is 18.4 Å². The van der Waals surface area contributed by atoms with Gasteiger partial charge in [-0.05, 0) is 43.2 Å². The number of amides is 1. The third kappa shape index (κ3) is 4.66. The molecule has 0 aromatic heterocycles. The van der Waals surface area contributed by atoms with E-state index in [1.165, 1.54) is 0 Å². The van der Waals surface area contributed by atoms with Crippen LogP contribution in [0.2, 0.25) is 0 Å². The van der Waals surface area contributed by atoms with Crippen LogP contribution in [-0.4, -0.2) is 11.9 Å². The van der Waals surface area contributed by atoms with Crippen molar-refractivity contribution < 1.29 is 23.1 Å². The zero-order valence-electron chi connectivity index (χ0n) is 15.9. The minimum absolute atomic E-state index is 0.375. The largest absolute Gasteiger partial charge is 0.444 e. The van der Waals surface area contributed by atoms with Gasteiger partial charge in [0.25, 0.3) is 5.91 Å². The van der Waals surface area contributed by atoms with Crippen LogP contribution in [0, 0.1) is 25.5 Å². The Morgan fingerprint density at radius 3 is 2.21 bits per heavy atom. The third-order valence-electron chi connectivity index (χ3n) is 4.38. The Bertz CT molecular complexity index is 1030. The van der Waals surface area contributed by atoms with Gasteiger partial charge in [-0.1, -0.05) is 48.5 Å². The fraction of sp³-hybridized carbons (Fsp3) is 0.130. The fourth-order valence-corrected chi connectivity index (χ4v) is 2.83. The molecule has 29 heavy (non-hydrogen) atoms. The summed E-state index contributed by atoms with van der Waals surface area (Å²) in [6.07, 6.45) is -1.39. The van der Waals surface area contributed by atoms with Crippen LogP contribution in [-0.2, 0) is 9.53 Å². The molecule has 0 saturated carbocycles. The first-order chi connectivity index (χ1) is 13.9. The molecule has 4 nitrogen and oxygen atoms in total. The fourth-order valence-electron chi connectivity index (χ4n) is 2.83. The highest BCUT2D eigenvalue weighted by atomic mass is 19.1. The molecule has 1 N–H and O–H groups in total. The minimum atomic E-state index is -1.39. The normalized spacial score (nSPS) is 11.6. The van der Waals surface area contributed by atoms with Crippen LogP contribution in [0.4, 0.5) is 14.5 Å². The second-order valence-electron chi connectivity index (χ2n) is 6.60. The van der Waals surface area contributed by atoms with Crippen LogP contribution < -0.4 is 5.32 Å². The molecule has 0 saturated heterocycles. The highest BCUT2D eigenvalue weighted by Gasteiger charge is 2.28. The molecular formula is C23H19F2NO3. The lowest BCUT2D eigenvalue weighted by atomic mass is 10.1. The Kier molecular flexibility index (Phi) is 6.02. The van der Waals surface area contributed by atoms with Gasteiger partial charge in [0.05, 0.1) is 0 Å². The van der Waals surface area contributed by atoms with Gasteiger partial charge in [-0.25, -0.2) is 13.6 Å². The number of benzene rings is 3. The van der Waals surface area contributed by atoms with E-state index in [0.29, 0.717) is 11.3 Å². The van der Waals surface area contributed by atoms with E-state index in [1.54, 1.807) is 36.4 Å². The monoisotopic (exact) mass is 395 g/mol. The van der Waals surface area contributed by atoms with E-state index in [-0.39, 0.29) is 0 Å². The third-order valence-corrected chi connectivity index (χ3v) is 4.38. The number of carbonyl (C=O) groups excluding carboxylic acids is 2. The van der Waals surface area contributed by atoms with Gasteiger partial charge in [-0.2, -0.15) is 0 Å². The van der Waals surface area contributed by atoms with E-state index in [0.717, 1.165) is 29.3 Å². The molecule has 1 atom stereocenters. The van der Waals surface area contributed by atoms with Crippen LogP contribution in [0.5, 0.6) is 0 Å². The number of halogens is 2. The smallest absolute Gasteiger partial charge is 0.345 e. The SMILES string of the molecule is Cc1ccc(C)c(NC(=O)[C@@H](OC(=O)c2c(F)cccc2F)c2ccccc2)c1. The van der Waals surface area contributed by atoms with Crippen molar-refractivity contribution in [3.63, 3.8) is 0 Å². The van der Waals surface area contributed by atoms with Crippen molar-refractivity contribution in [3.05, 3.63) is 101 Å². The lowest BCUT2D eigenvalue weighted by molar-refractivity contribution is -0.125. The Labute approximate surface area is 167 Å². The Morgan fingerprint density at radius 1 is 0.897 bits per heavy atom. The van der Waals surface area contributed by atoms with Crippen molar-refractivity contribution in [1.82, 2.24) is 0 Å². The van der Waals surface area contributed by atoms with Gasteiger partial charge < -0.3 is 10.1 Å². The van der Waals surface area contributed by atoms with Crippen LogP contribution in [0.25, 0.3) is 0 Å². The van der Waals surface area contributed by atoms with Gasteiger partial charge in [-0.15, -0.1) is 0 Å². The molecule has 0 unspecified atom stereocenters. The highest BCUT2D eigenvalue weighted by Crippen LogP contribution is 2.25. The van der Waals surface area contributed by atoms with Gasteiger partial charge in [-0.3, -0.25) is 4.79 Å². The summed E-state index contributed by atoms with van der Waals surface area (Å²) in [5.74, 6) is -4.01. The molecule has 0 fully saturated rings. The number of ether oxygens (including phenoxy) is 1. The molecule has 148 valence electrons. The first-order valence-electron chi connectivity index (χ1n) is 8.95. The maximum Gasteiger partial charge on any atom is 0.345 e. The quantitative estimate of drug-likeness (QED) is 0.610. The summed E-state index contributed by atoms with van der Waals surface area (Å²) >= 11 is 0. The van der Waals surface area contributed by atoms with E-state index in [2.05, 4.69) is 5.32 Å². The van der Waals surface area contributed by atoms with Gasteiger partial charge in [0.2, 0.25) is 6.10 Å². The zero-order valence-corrected chi connectivity index (χ0v) is 15.9. The summed E-state index contributed by atoms with van der Waals surface area (Å²) in [4.78, 5) is 25.4. The molecular weight excluding hydrogens is 376 g/mol. The lowest BCUT2D eigenvalue weighted by Gasteiger charge is -2.19. The first-order valence-corrected chi connectivity index (χ1v) is 8.95. The van der Waals surface area contributed by atoms with E-state index in [4.69, 9.17) is 4.74 Å². The number of anilines is 1. The van der Waals surface area contributed by atoms with Crippen LogP contribution in [0.15, 0.2) is 66.7 Å². The molecule has 3 rings (SSSR count). The Hall–Kier alpha value is -3.54. The molecule has 6 heteroatoms. The molecule has 0 aliphatic heterocycles. The lowest BCUT2D eigenvalue weighted by Crippen LogP contribution is -2.27. The van der Waals surface area contributed by atoms with Crippen molar-refractivity contribution in [2.75, 3.05) is 5.32 Å². The van der Waals surface area contributed by atoms with Gasteiger partial charge in [0.15, 0.2) is 0 Å². The van der Waals surface area contributed by atoms with Crippen molar-refractivity contribution in [2.45, 2.75) is 20.0 Å². The maximum absolute atomic E-state index is 14.0. The van der Waals surface area contributed by atoms with Gasteiger partial charge in [0.1, 0.15) is 17.2 Å². The second-order valence-corrected chi connectivity index (χ2v) is 6.60. The number of carbonyl (C=O) groups is 2. The predicted octanol–water partition coefficient (Wildman–Crippen LogP) is 5.12. The number of esters is 1. The van der Waals surface area contributed by atoms with Crippen LogP contribution in [0.1, 0.15) is 33.2 Å². The Balaban J connectivity index is 1.92. The zero-order chi connectivity index (χ0) is 21.0. The summed E-state index contributed by atoms with van der Waals surface area (Å²) in [5, 5.41) is 2.73. The summed E-state index contributed by atoms with van der Waals surface area (Å²) in [5.41, 5.74) is 1.85. The molecule has 3 aromatic carbocycles. The van der Waals surface area contributed by atoms with Crippen LogP contribution >= 0.6 is 0 Å². The van der Waals surface area contributed by atoms with Gasteiger partial charge >= 0.3 is 5.97 Å². The van der Waals surface area contributed by atoms with Crippen molar-refractivity contribution >= 4 is 17.6 Å². The second kappa shape index (κ2) is 8.65. The van der Waals surface area contributed by atoms with Crippen molar-refractivity contribution in [3.8, 4) is 0 Å². The molecule has 0 aliphatic carbocycles. The molecule has 1 amide bonds. The molecule has 0 radical (unpaired) electrons. The average Bonchev–Trinajstić information content (AvgIpc) is 2.69. The van der Waals surface area contributed by atoms with Gasteiger partial charge in [0, 0.05) is 11.3 Å². The van der Waals surface area contributed by atoms with Crippen LogP contribution in [0.3, 0.4) is 0 Å². The minimum Gasteiger partial charge on any atom is -0.444 e. The number of aryl methyl sites for hydroxylation is 2. The summed E-state index contributed by atoms with van der Waals surface area (Å²) < 4.78 is 33.2. The summed E-state index contributed by atoms with van der Waals surface area (Å²) in [6.45, 7) is 3.71. The number of nitrogens with one attached hydrogen (secondary N) is 1. The number of rotatable bonds is 5. The van der Waals surface area contributed by atoms with Crippen molar-refractivity contribution in [2.24, 2.45) is 0 Å². The van der Waals surface area contributed by atoms with E-state index < -0.39 is 35.2 Å². The number of hydrogen-bond donors (Lipinski definition) is 1. The average molecular weight is 395 g/mol. The standard InChI is InChI=1S/C23H19F2NO3/c1-14-11-12-15(2)19(13-14)26-22(27)21(16-7-4-3-5-8-16)29-23(28)20-17(24)9-6-10-18(20)25/h3-13,21H,1-2H3,(H,26,27)/t21-/m0/s1.